The second-order valence-electron chi connectivity index (χ2n) is 10.0. The largest absolute Gasteiger partial charge is 0.351 e. The second kappa shape index (κ2) is 11.2. The first-order valence-electron chi connectivity index (χ1n) is 13.4. The lowest BCUT2D eigenvalue weighted by Crippen LogP contribution is -2.61. The van der Waals surface area contributed by atoms with Crippen molar-refractivity contribution in [2.24, 2.45) is 5.73 Å². The second-order valence-corrected chi connectivity index (χ2v) is 10.4. The van der Waals surface area contributed by atoms with E-state index in [1.54, 1.807) is 29.3 Å². The summed E-state index contributed by atoms with van der Waals surface area (Å²) >= 11 is 5.86. The van der Waals surface area contributed by atoms with E-state index in [1.807, 2.05) is 47.5 Å². The van der Waals surface area contributed by atoms with Crippen molar-refractivity contribution in [2.75, 3.05) is 24.5 Å². The molecular weight excluding hydrogens is 559 g/mol. The van der Waals surface area contributed by atoms with E-state index in [0.717, 1.165) is 5.56 Å². The zero-order valence-electron chi connectivity index (χ0n) is 22.4. The van der Waals surface area contributed by atoms with E-state index in [0.29, 0.717) is 48.2 Å². The maximum Gasteiger partial charge on any atom is 0.339 e. The molecule has 4 amide bonds. The number of carbonyl (C=O) groups excluding carboxylic acids is 3. The Morgan fingerprint density at radius 2 is 1.79 bits per heavy atom. The molecule has 2 saturated heterocycles. The smallest absolute Gasteiger partial charge is 0.339 e. The van der Waals surface area contributed by atoms with Gasteiger partial charge in [0.1, 0.15) is 11.9 Å². The van der Waals surface area contributed by atoms with Gasteiger partial charge in [-0.25, -0.2) is 24.0 Å². The highest BCUT2D eigenvalue weighted by Crippen LogP contribution is 2.34. The monoisotopic (exact) mass is 584 g/mol. The van der Waals surface area contributed by atoms with Gasteiger partial charge < -0.3 is 11.1 Å². The minimum absolute atomic E-state index is 0.0267. The third-order valence-corrected chi connectivity index (χ3v) is 7.79. The fourth-order valence-electron chi connectivity index (χ4n) is 5.41. The van der Waals surface area contributed by atoms with Crippen LogP contribution in [0.4, 0.5) is 19.7 Å². The van der Waals surface area contributed by atoms with Crippen molar-refractivity contribution in [1.82, 2.24) is 19.9 Å². The fraction of sp³-hybridized carbons (Fsp3) is 0.194. The highest BCUT2D eigenvalue weighted by Gasteiger charge is 2.45. The van der Waals surface area contributed by atoms with Crippen LogP contribution in [0.3, 0.4) is 0 Å². The van der Waals surface area contributed by atoms with Crippen LogP contribution in [0.2, 0.25) is 5.02 Å². The molecule has 0 radical (unpaired) electrons. The lowest BCUT2D eigenvalue weighted by atomic mass is 10.1. The number of urea groups is 1. The number of fused-ring (bicyclic) bond motifs is 2. The predicted molar refractivity (Wildman–Crippen MR) is 157 cm³/mol. The Kier molecular flexibility index (Phi) is 7.29. The van der Waals surface area contributed by atoms with Gasteiger partial charge in [-0.3, -0.25) is 14.3 Å². The SMILES string of the molecule is NC(=O)n1cc(N2CCN3CC[C@@H](C(=O)NCc4cccc(Cl)c4F)N3C2=O)c2ccc(C#Cc3ccccc3)cc21. The number of halogens is 2. The van der Waals surface area contributed by atoms with Gasteiger partial charge in [0.15, 0.2) is 0 Å². The summed E-state index contributed by atoms with van der Waals surface area (Å²) in [5, 5.41) is 6.65. The first kappa shape index (κ1) is 27.3. The lowest BCUT2D eigenvalue weighted by molar-refractivity contribution is -0.127. The van der Waals surface area contributed by atoms with Crippen LogP contribution in [0.5, 0.6) is 0 Å². The van der Waals surface area contributed by atoms with Gasteiger partial charge in [-0.05, 0) is 42.8 Å². The Morgan fingerprint density at radius 1 is 1.00 bits per heavy atom. The maximum atomic E-state index is 14.3. The van der Waals surface area contributed by atoms with Gasteiger partial charge in [0, 0.05) is 54.5 Å². The molecule has 0 bridgehead atoms. The number of amides is 4. The van der Waals surface area contributed by atoms with Crippen LogP contribution in [0.1, 0.15) is 23.1 Å². The molecular formula is C31H26ClFN6O3. The third-order valence-electron chi connectivity index (χ3n) is 7.49. The number of benzene rings is 3. The van der Waals surface area contributed by atoms with E-state index in [-0.39, 0.29) is 17.1 Å². The molecule has 4 aromatic rings. The van der Waals surface area contributed by atoms with E-state index in [9.17, 15) is 18.8 Å². The Bertz CT molecular complexity index is 1780. The van der Waals surface area contributed by atoms with Crippen LogP contribution in [0.15, 0.2) is 72.9 Å². The summed E-state index contributed by atoms with van der Waals surface area (Å²) in [7, 11) is 0. The van der Waals surface area contributed by atoms with E-state index < -0.39 is 29.8 Å². The van der Waals surface area contributed by atoms with Gasteiger partial charge in [-0.15, -0.1) is 0 Å². The number of carbonyl (C=O) groups is 3. The van der Waals surface area contributed by atoms with Crippen molar-refractivity contribution < 1.29 is 18.8 Å². The number of aromatic nitrogens is 1. The Morgan fingerprint density at radius 3 is 2.57 bits per heavy atom. The van der Waals surface area contributed by atoms with Crippen molar-refractivity contribution in [1.29, 1.82) is 0 Å². The van der Waals surface area contributed by atoms with Gasteiger partial charge in [0.25, 0.3) is 0 Å². The first-order valence-corrected chi connectivity index (χ1v) is 13.8. The number of nitrogens with zero attached hydrogens (tertiary/aromatic N) is 4. The van der Waals surface area contributed by atoms with Crippen LogP contribution in [-0.2, 0) is 11.3 Å². The summed E-state index contributed by atoms with van der Waals surface area (Å²) in [5.41, 5.74) is 8.51. The van der Waals surface area contributed by atoms with Crippen molar-refractivity contribution >= 4 is 46.2 Å². The van der Waals surface area contributed by atoms with Gasteiger partial charge in [-0.2, -0.15) is 0 Å². The molecule has 6 rings (SSSR count). The van der Waals surface area contributed by atoms with Crippen LogP contribution in [-0.4, -0.2) is 58.2 Å². The summed E-state index contributed by atoms with van der Waals surface area (Å²) < 4.78 is 15.6. The molecule has 1 atom stereocenters. The molecule has 3 heterocycles. The van der Waals surface area contributed by atoms with Gasteiger partial charge in [0.2, 0.25) is 5.91 Å². The first-order chi connectivity index (χ1) is 20.3. The number of nitrogens with one attached hydrogen (secondary N) is 1. The molecule has 3 aromatic carbocycles. The Hall–Kier alpha value is -4.85. The summed E-state index contributed by atoms with van der Waals surface area (Å²) in [6, 6.07) is 17.7. The molecule has 42 heavy (non-hydrogen) atoms. The van der Waals surface area contributed by atoms with E-state index in [2.05, 4.69) is 17.2 Å². The normalized spacial score (nSPS) is 16.7. The molecule has 0 spiro atoms. The number of rotatable bonds is 4. The van der Waals surface area contributed by atoms with E-state index in [1.165, 1.54) is 15.6 Å². The molecule has 212 valence electrons. The van der Waals surface area contributed by atoms with Crippen molar-refractivity contribution in [2.45, 2.75) is 19.0 Å². The number of nitrogens with two attached hydrogens (primary N) is 1. The molecule has 0 unspecified atom stereocenters. The standard InChI is InChI=1S/C31H26ClFN6O3/c32-24-8-4-7-22(28(24)33)18-35-29(40)25-13-14-36-15-16-37(31(42)39(25)36)27-19-38(30(34)41)26-17-21(11-12-23(26)27)10-9-20-5-2-1-3-6-20/h1-8,11-12,17,19,25H,13-16,18H2,(H2,34,41)(H,35,40)/t25-/m0/s1. The van der Waals surface area contributed by atoms with Gasteiger partial charge in [-0.1, -0.05) is 53.8 Å². The molecule has 2 aliphatic rings. The maximum absolute atomic E-state index is 14.3. The zero-order valence-corrected chi connectivity index (χ0v) is 23.1. The molecule has 0 saturated carbocycles. The van der Waals surface area contributed by atoms with Crippen LogP contribution < -0.4 is 16.0 Å². The molecule has 2 fully saturated rings. The summed E-state index contributed by atoms with van der Waals surface area (Å²) in [5.74, 6) is 5.23. The predicted octanol–water partition coefficient (Wildman–Crippen LogP) is 4.31. The lowest BCUT2D eigenvalue weighted by Gasteiger charge is -2.41. The molecule has 2 aliphatic heterocycles. The molecule has 9 nitrogen and oxygen atoms in total. The topological polar surface area (TPSA) is 104 Å². The third kappa shape index (κ3) is 5.04. The fourth-order valence-corrected chi connectivity index (χ4v) is 5.60. The average molecular weight is 585 g/mol. The van der Waals surface area contributed by atoms with Crippen molar-refractivity contribution in [3.05, 3.63) is 100 Å². The Labute approximate surface area is 246 Å². The van der Waals surface area contributed by atoms with Crippen molar-refractivity contribution in [3.8, 4) is 11.8 Å². The summed E-state index contributed by atoms with van der Waals surface area (Å²) in [6.45, 7) is 1.30. The van der Waals surface area contributed by atoms with Crippen LogP contribution in [0.25, 0.3) is 10.9 Å². The minimum Gasteiger partial charge on any atom is -0.351 e. The number of anilines is 1. The van der Waals surface area contributed by atoms with Crippen LogP contribution >= 0.6 is 11.6 Å². The highest BCUT2D eigenvalue weighted by atomic mass is 35.5. The van der Waals surface area contributed by atoms with Gasteiger partial charge >= 0.3 is 12.1 Å². The number of primary amides is 1. The number of hydrogen-bond acceptors (Lipinski definition) is 4. The van der Waals surface area contributed by atoms with Crippen LogP contribution in [0, 0.1) is 17.7 Å². The summed E-state index contributed by atoms with van der Waals surface area (Å²) in [4.78, 5) is 41.0. The van der Waals surface area contributed by atoms with Gasteiger partial charge in [0.05, 0.1) is 16.2 Å². The average Bonchev–Trinajstić information content (AvgIpc) is 3.60. The van der Waals surface area contributed by atoms with Crippen molar-refractivity contribution in [3.63, 3.8) is 0 Å². The number of hydrogen-bond donors (Lipinski definition) is 2. The summed E-state index contributed by atoms with van der Waals surface area (Å²) in [6.07, 6.45) is 1.97. The zero-order chi connectivity index (χ0) is 29.4. The highest BCUT2D eigenvalue weighted by molar-refractivity contribution is 6.30. The number of hydrazine groups is 1. The molecule has 3 N–H and O–H groups in total. The Balaban J connectivity index is 1.26. The molecule has 1 aromatic heterocycles. The quantitative estimate of drug-likeness (QED) is 0.349. The molecule has 0 aliphatic carbocycles. The van der Waals surface area contributed by atoms with E-state index in [4.69, 9.17) is 17.3 Å². The molecule has 11 heteroatoms. The minimum atomic E-state index is -0.771. The van der Waals surface area contributed by atoms with E-state index >= 15 is 0 Å².